The van der Waals surface area contributed by atoms with Gasteiger partial charge < -0.3 is 10.3 Å². The third-order valence-corrected chi connectivity index (χ3v) is 1.24. The first kappa shape index (κ1) is 6.60. The molecule has 0 radical (unpaired) electrons. The maximum Gasteiger partial charge on any atom is 0.289 e. The third kappa shape index (κ3) is 0.928. The summed E-state index contributed by atoms with van der Waals surface area (Å²) in [5, 5.41) is 10.1. The molecule has 5 heteroatoms. The van der Waals surface area contributed by atoms with Crippen LogP contribution in [0.3, 0.4) is 0 Å². The molecule has 5 nitrogen and oxygen atoms in total. The van der Waals surface area contributed by atoms with Crippen molar-refractivity contribution in [3.05, 3.63) is 22.4 Å². The summed E-state index contributed by atoms with van der Waals surface area (Å²) in [6, 6.07) is 1.32. The number of hydrogen-bond acceptors (Lipinski definition) is 3. The maximum absolute atomic E-state index is 10.1. The molecule has 0 saturated heterocycles. The van der Waals surface area contributed by atoms with Crippen LogP contribution in [-0.2, 0) is 7.05 Å². The Hall–Kier alpha value is -1.52. The molecule has 1 rings (SSSR count). The van der Waals surface area contributed by atoms with Crippen molar-refractivity contribution in [3.63, 3.8) is 0 Å². The number of rotatable bonds is 1. The van der Waals surface area contributed by atoms with Crippen LogP contribution >= 0.6 is 0 Å². The van der Waals surface area contributed by atoms with Crippen LogP contribution in [0.1, 0.15) is 0 Å². The normalized spacial score (nSPS) is 9.70. The third-order valence-electron chi connectivity index (χ3n) is 1.24. The second-order valence-electron chi connectivity index (χ2n) is 1.99. The summed E-state index contributed by atoms with van der Waals surface area (Å²) in [6.07, 6.45) is 1.37. The van der Waals surface area contributed by atoms with Crippen molar-refractivity contribution in [1.82, 2.24) is 4.57 Å². The fourth-order valence-electron chi connectivity index (χ4n) is 0.663. The molecule has 1 heterocycles. The van der Waals surface area contributed by atoms with E-state index in [0.717, 1.165) is 0 Å². The number of nitrogens with zero attached hydrogens (tertiary/aromatic N) is 2. The fraction of sp³-hybridized carbons (Fsp3) is 0.200. The highest BCUT2D eigenvalue weighted by Crippen LogP contribution is 2.15. The Morgan fingerprint density at radius 2 is 2.40 bits per heavy atom. The van der Waals surface area contributed by atoms with Crippen molar-refractivity contribution in [2.24, 2.45) is 7.05 Å². The summed E-state index contributed by atoms with van der Waals surface area (Å²) < 4.78 is 1.50. The molecule has 1 aromatic rings. The first-order valence-corrected chi connectivity index (χ1v) is 2.67. The Balaban J connectivity index is 3.10. The number of nitro groups is 1. The number of aromatic nitrogens is 1. The zero-order valence-corrected chi connectivity index (χ0v) is 5.44. The van der Waals surface area contributed by atoms with Gasteiger partial charge in [-0.1, -0.05) is 0 Å². The van der Waals surface area contributed by atoms with E-state index in [1.54, 1.807) is 7.05 Å². The summed E-state index contributed by atoms with van der Waals surface area (Å²) in [4.78, 5) is 9.63. The molecule has 1 aromatic heterocycles. The van der Waals surface area contributed by atoms with Gasteiger partial charge in [-0.05, 0) is 0 Å². The highest BCUT2D eigenvalue weighted by Gasteiger charge is 2.08. The van der Waals surface area contributed by atoms with Crippen LogP contribution in [0.4, 0.5) is 11.5 Å². The Morgan fingerprint density at radius 3 is 2.60 bits per heavy atom. The number of nitrogen functional groups attached to an aromatic ring is 1. The molecule has 0 aromatic carbocycles. The molecule has 0 aliphatic heterocycles. The van der Waals surface area contributed by atoms with Gasteiger partial charge in [0.15, 0.2) is 0 Å². The molecule has 0 fully saturated rings. The average molecular weight is 141 g/mol. The van der Waals surface area contributed by atoms with Gasteiger partial charge in [0.2, 0.25) is 0 Å². The molecule has 10 heavy (non-hydrogen) atoms. The standard InChI is InChI=1S/C5H7N3O2/c1-7-3-4(8(9)10)2-5(7)6/h2-3H,6H2,1H3. The van der Waals surface area contributed by atoms with Crippen molar-refractivity contribution >= 4 is 11.5 Å². The van der Waals surface area contributed by atoms with E-state index in [0.29, 0.717) is 5.82 Å². The average Bonchev–Trinajstić information content (AvgIpc) is 2.13. The summed E-state index contributed by atoms with van der Waals surface area (Å²) in [5.41, 5.74) is 5.36. The van der Waals surface area contributed by atoms with E-state index >= 15 is 0 Å². The highest BCUT2D eigenvalue weighted by molar-refractivity contribution is 5.43. The minimum Gasteiger partial charge on any atom is -0.385 e. The Labute approximate surface area is 57.2 Å². The minimum absolute atomic E-state index is 0.0278. The zero-order chi connectivity index (χ0) is 7.72. The van der Waals surface area contributed by atoms with Gasteiger partial charge in [-0.15, -0.1) is 0 Å². The molecule has 2 N–H and O–H groups in total. The van der Waals surface area contributed by atoms with E-state index in [1.165, 1.54) is 16.8 Å². The van der Waals surface area contributed by atoms with Crippen molar-refractivity contribution in [1.29, 1.82) is 0 Å². The number of anilines is 1. The highest BCUT2D eigenvalue weighted by atomic mass is 16.6. The lowest BCUT2D eigenvalue weighted by Gasteiger charge is -1.88. The van der Waals surface area contributed by atoms with Crippen LogP contribution in [0.5, 0.6) is 0 Å². The number of hydrogen-bond donors (Lipinski definition) is 1. The van der Waals surface area contributed by atoms with E-state index in [1.807, 2.05) is 0 Å². The van der Waals surface area contributed by atoms with Crippen molar-refractivity contribution < 1.29 is 4.92 Å². The zero-order valence-electron chi connectivity index (χ0n) is 5.44. The number of aryl methyl sites for hydroxylation is 1. The molecular formula is C5H7N3O2. The van der Waals surface area contributed by atoms with Crippen LogP contribution in [0, 0.1) is 10.1 Å². The van der Waals surface area contributed by atoms with Gasteiger partial charge in [0.25, 0.3) is 5.69 Å². The minimum atomic E-state index is -0.476. The summed E-state index contributed by atoms with van der Waals surface area (Å²) in [7, 11) is 1.66. The lowest BCUT2D eigenvalue weighted by Crippen LogP contribution is -1.92. The van der Waals surface area contributed by atoms with Crippen LogP contribution < -0.4 is 5.73 Å². The van der Waals surface area contributed by atoms with Crippen molar-refractivity contribution in [2.45, 2.75) is 0 Å². The quantitative estimate of drug-likeness (QED) is 0.457. The van der Waals surface area contributed by atoms with Gasteiger partial charge in [0, 0.05) is 7.05 Å². The lowest BCUT2D eigenvalue weighted by molar-refractivity contribution is -0.384. The van der Waals surface area contributed by atoms with E-state index in [4.69, 9.17) is 5.73 Å². The van der Waals surface area contributed by atoms with E-state index in [9.17, 15) is 10.1 Å². The van der Waals surface area contributed by atoms with Gasteiger partial charge in [-0.2, -0.15) is 0 Å². The van der Waals surface area contributed by atoms with Crippen LogP contribution in [-0.4, -0.2) is 9.49 Å². The predicted molar refractivity (Wildman–Crippen MR) is 36.5 cm³/mol. The Morgan fingerprint density at radius 1 is 1.80 bits per heavy atom. The molecule has 0 atom stereocenters. The molecule has 0 amide bonds. The molecule has 54 valence electrons. The van der Waals surface area contributed by atoms with Gasteiger partial charge in [0.05, 0.1) is 17.2 Å². The van der Waals surface area contributed by atoms with Crippen LogP contribution in [0.25, 0.3) is 0 Å². The second-order valence-corrected chi connectivity index (χ2v) is 1.99. The first-order valence-electron chi connectivity index (χ1n) is 2.67. The molecule has 0 aliphatic rings. The largest absolute Gasteiger partial charge is 0.385 e. The van der Waals surface area contributed by atoms with Crippen LogP contribution in [0.2, 0.25) is 0 Å². The van der Waals surface area contributed by atoms with E-state index in [2.05, 4.69) is 0 Å². The van der Waals surface area contributed by atoms with Crippen molar-refractivity contribution in [2.75, 3.05) is 5.73 Å². The molecule has 0 spiro atoms. The summed E-state index contributed by atoms with van der Waals surface area (Å²) >= 11 is 0. The van der Waals surface area contributed by atoms with Crippen LogP contribution in [0.15, 0.2) is 12.3 Å². The lowest BCUT2D eigenvalue weighted by atomic mass is 10.5. The fourth-order valence-corrected chi connectivity index (χ4v) is 0.663. The SMILES string of the molecule is Cn1cc([N+](=O)[O-])cc1N. The summed E-state index contributed by atoms with van der Waals surface area (Å²) in [5.74, 6) is 0.395. The van der Waals surface area contributed by atoms with Gasteiger partial charge >= 0.3 is 0 Å². The van der Waals surface area contributed by atoms with E-state index in [-0.39, 0.29) is 5.69 Å². The molecule has 0 bridgehead atoms. The maximum atomic E-state index is 10.1. The van der Waals surface area contributed by atoms with Gasteiger partial charge in [-0.25, -0.2) is 0 Å². The summed E-state index contributed by atoms with van der Waals surface area (Å²) in [6.45, 7) is 0. The topological polar surface area (TPSA) is 74.1 Å². The molecular weight excluding hydrogens is 134 g/mol. The molecule has 0 saturated carbocycles. The first-order chi connectivity index (χ1) is 4.61. The number of nitrogens with two attached hydrogens (primary N) is 1. The monoisotopic (exact) mass is 141 g/mol. The predicted octanol–water partition coefficient (Wildman–Crippen LogP) is 0.515. The van der Waals surface area contributed by atoms with Crippen molar-refractivity contribution in [3.8, 4) is 0 Å². The molecule has 0 aliphatic carbocycles. The smallest absolute Gasteiger partial charge is 0.289 e. The van der Waals surface area contributed by atoms with E-state index < -0.39 is 4.92 Å². The Bertz CT molecular complexity index is 246. The Kier molecular flexibility index (Phi) is 1.33. The van der Waals surface area contributed by atoms with Gasteiger partial charge in [-0.3, -0.25) is 10.1 Å². The molecule has 0 unspecified atom stereocenters. The second kappa shape index (κ2) is 2.02. The van der Waals surface area contributed by atoms with Gasteiger partial charge in [0.1, 0.15) is 5.82 Å².